The molecule has 0 saturated heterocycles. The van der Waals surface area contributed by atoms with E-state index in [2.05, 4.69) is 24.1 Å². The van der Waals surface area contributed by atoms with E-state index < -0.39 is 0 Å². The second kappa shape index (κ2) is 5.93. The Balaban J connectivity index is 2.43. The van der Waals surface area contributed by atoms with Crippen LogP contribution >= 0.6 is 0 Å². The molecule has 19 heavy (non-hydrogen) atoms. The molecule has 0 unspecified atom stereocenters. The van der Waals surface area contributed by atoms with Crippen molar-refractivity contribution in [2.45, 2.75) is 33.4 Å². The second-order valence-electron chi connectivity index (χ2n) is 5.03. The molecule has 0 saturated carbocycles. The van der Waals surface area contributed by atoms with Gasteiger partial charge in [-0.25, -0.2) is 4.39 Å². The van der Waals surface area contributed by atoms with Crippen molar-refractivity contribution in [2.75, 3.05) is 0 Å². The summed E-state index contributed by atoms with van der Waals surface area (Å²) >= 11 is 0. The molecule has 0 fully saturated rings. The van der Waals surface area contributed by atoms with Gasteiger partial charge in [-0.2, -0.15) is 0 Å². The maximum atomic E-state index is 13.5. The molecule has 0 aliphatic rings. The van der Waals surface area contributed by atoms with Gasteiger partial charge >= 0.3 is 0 Å². The number of rotatable bonds is 4. The Morgan fingerprint density at radius 2 is 2.00 bits per heavy atom. The molecule has 0 aliphatic heterocycles. The summed E-state index contributed by atoms with van der Waals surface area (Å²) in [6.45, 7) is 6.93. The maximum Gasteiger partial charge on any atom is 0.123 e. The van der Waals surface area contributed by atoms with Crippen LogP contribution in [0.5, 0.6) is 0 Å². The highest BCUT2D eigenvalue weighted by Crippen LogP contribution is 2.27. The van der Waals surface area contributed by atoms with E-state index in [-0.39, 0.29) is 5.82 Å². The minimum Gasteiger partial charge on any atom is -0.310 e. The van der Waals surface area contributed by atoms with Gasteiger partial charge in [-0.3, -0.25) is 4.98 Å². The molecule has 0 radical (unpaired) electrons. The van der Waals surface area contributed by atoms with Gasteiger partial charge in [0.25, 0.3) is 0 Å². The van der Waals surface area contributed by atoms with Gasteiger partial charge in [-0.15, -0.1) is 0 Å². The number of benzene rings is 1. The Morgan fingerprint density at radius 1 is 1.21 bits per heavy atom. The third-order valence-electron chi connectivity index (χ3n) is 3.10. The number of nitrogens with one attached hydrogen (secondary N) is 1. The van der Waals surface area contributed by atoms with Crippen molar-refractivity contribution >= 4 is 0 Å². The summed E-state index contributed by atoms with van der Waals surface area (Å²) in [7, 11) is 0. The van der Waals surface area contributed by atoms with Crippen molar-refractivity contribution in [2.24, 2.45) is 0 Å². The fourth-order valence-corrected chi connectivity index (χ4v) is 2.01. The summed E-state index contributed by atoms with van der Waals surface area (Å²) < 4.78 is 13.5. The lowest BCUT2D eigenvalue weighted by atomic mass is 9.97. The smallest absolute Gasteiger partial charge is 0.123 e. The van der Waals surface area contributed by atoms with Crippen molar-refractivity contribution in [1.82, 2.24) is 10.3 Å². The third kappa shape index (κ3) is 3.38. The minimum absolute atomic E-state index is 0.216. The van der Waals surface area contributed by atoms with Crippen LogP contribution in [0.4, 0.5) is 4.39 Å². The van der Waals surface area contributed by atoms with E-state index in [1.54, 1.807) is 18.5 Å². The van der Waals surface area contributed by atoms with Gasteiger partial charge in [-0.05, 0) is 41.8 Å². The van der Waals surface area contributed by atoms with E-state index in [0.717, 1.165) is 28.8 Å². The molecule has 2 aromatic rings. The van der Waals surface area contributed by atoms with Crippen LogP contribution in [0.1, 0.15) is 25.0 Å². The largest absolute Gasteiger partial charge is 0.310 e. The molecule has 0 aliphatic carbocycles. The van der Waals surface area contributed by atoms with Crippen LogP contribution in [0, 0.1) is 12.7 Å². The molecule has 100 valence electrons. The molecule has 1 heterocycles. The summed E-state index contributed by atoms with van der Waals surface area (Å²) in [5.74, 6) is -0.216. The Morgan fingerprint density at radius 3 is 2.68 bits per heavy atom. The Bertz CT molecular complexity index is 564. The normalized spacial score (nSPS) is 11.0. The van der Waals surface area contributed by atoms with Crippen molar-refractivity contribution in [3.8, 4) is 11.1 Å². The van der Waals surface area contributed by atoms with Crippen molar-refractivity contribution in [3.63, 3.8) is 0 Å². The molecular formula is C16H19FN2. The lowest BCUT2D eigenvalue weighted by Crippen LogP contribution is -2.22. The highest BCUT2D eigenvalue weighted by Gasteiger charge is 2.09. The predicted molar refractivity (Wildman–Crippen MR) is 76.3 cm³/mol. The maximum absolute atomic E-state index is 13.5. The Labute approximate surface area is 113 Å². The quantitative estimate of drug-likeness (QED) is 0.904. The topological polar surface area (TPSA) is 24.9 Å². The SMILES string of the molecule is Cc1ccncc1-c1cc(F)ccc1CNC(C)C. The van der Waals surface area contributed by atoms with Crippen LogP contribution < -0.4 is 5.32 Å². The zero-order chi connectivity index (χ0) is 13.8. The molecule has 3 heteroatoms. The van der Waals surface area contributed by atoms with Crippen molar-refractivity contribution < 1.29 is 4.39 Å². The number of aryl methyl sites for hydroxylation is 1. The first-order chi connectivity index (χ1) is 9.08. The second-order valence-corrected chi connectivity index (χ2v) is 5.03. The number of aromatic nitrogens is 1. The summed E-state index contributed by atoms with van der Waals surface area (Å²) in [6, 6.07) is 7.27. The van der Waals surface area contributed by atoms with Gasteiger partial charge in [0.15, 0.2) is 0 Å². The fourth-order valence-electron chi connectivity index (χ4n) is 2.01. The molecule has 0 spiro atoms. The van der Waals surface area contributed by atoms with Crippen molar-refractivity contribution in [3.05, 3.63) is 53.6 Å². The van der Waals surface area contributed by atoms with Crippen LogP contribution in [0.3, 0.4) is 0 Å². The number of nitrogens with zero attached hydrogens (tertiary/aromatic N) is 1. The summed E-state index contributed by atoms with van der Waals surface area (Å²) in [6.07, 6.45) is 3.55. The summed E-state index contributed by atoms with van der Waals surface area (Å²) in [5, 5.41) is 3.37. The van der Waals surface area contributed by atoms with E-state index >= 15 is 0 Å². The van der Waals surface area contributed by atoms with E-state index in [1.165, 1.54) is 6.07 Å². The van der Waals surface area contributed by atoms with Gasteiger partial charge in [0.05, 0.1) is 0 Å². The highest BCUT2D eigenvalue weighted by molar-refractivity contribution is 5.69. The molecule has 1 aromatic heterocycles. The molecule has 0 bridgehead atoms. The molecule has 1 aromatic carbocycles. The molecule has 2 nitrogen and oxygen atoms in total. The zero-order valence-corrected chi connectivity index (χ0v) is 11.6. The molecule has 0 atom stereocenters. The standard InChI is InChI=1S/C16H19FN2/c1-11(2)19-9-13-4-5-14(17)8-15(13)16-10-18-7-6-12(16)3/h4-8,10-11,19H,9H2,1-3H3. The van der Waals surface area contributed by atoms with E-state index in [9.17, 15) is 4.39 Å². The summed E-state index contributed by atoms with van der Waals surface area (Å²) in [5.41, 5.74) is 4.10. The van der Waals surface area contributed by atoms with Gasteiger partial charge in [0.1, 0.15) is 5.82 Å². The van der Waals surface area contributed by atoms with Crippen LogP contribution in [0.2, 0.25) is 0 Å². The molecule has 2 rings (SSSR count). The summed E-state index contributed by atoms with van der Waals surface area (Å²) in [4.78, 5) is 4.15. The van der Waals surface area contributed by atoms with Crippen LogP contribution in [-0.2, 0) is 6.54 Å². The van der Waals surface area contributed by atoms with Gasteiger partial charge < -0.3 is 5.32 Å². The predicted octanol–water partition coefficient (Wildman–Crippen LogP) is 3.69. The zero-order valence-electron chi connectivity index (χ0n) is 11.6. The lowest BCUT2D eigenvalue weighted by Gasteiger charge is -2.14. The fraction of sp³-hybridized carbons (Fsp3) is 0.312. The van der Waals surface area contributed by atoms with E-state index in [1.807, 2.05) is 19.1 Å². The van der Waals surface area contributed by atoms with Gasteiger partial charge in [0.2, 0.25) is 0 Å². The molecular weight excluding hydrogens is 239 g/mol. The van der Waals surface area contributed by atoms with E-state index in [4.69, 9.17) is 0 Å². The first-order valence-electron chi connectivity index (χ1n) is 6.50. The number of hydrogen-bond acceptors (Lipinski definition) is 2. The van der Waals surface area contributed by atoms with Crippen LogP contribution in [0.25, 0.3) is 11.1 Å². The Kier molecular flexibility index (Phi) is 4.27. The lowest BCUT2D eigenvalue weighted by molar-refractivity contribution is 0.587. The van der Waals surface area contributed by atoms with E-state index in [0.29, 0.717) is 6.04 Å². The monoisotopic (exact) mass is 258 g/mol. The average Bonchev–Trinajstić information content (AvgIpc) is 2.37. The van der Waals surface area contributed by atoms with Crippen LogP contribution in [0.15, 0.2) is 36.7 Å². The number of hydrogen-bond donors (Lipinski definition) is 1. The highest BCUT2D eigenvalue weighted by atomic mass is 19.1. The molecule has 0 amide bonds. The van der Waals surface area contributed by atoms with Crippen molar-refractivity contribution in [1.29, 1.82) is 0 Å². The first-order valence-corrected chi connectivity index (χ1v) is 6.50. The van der Waals surface area contributed by atoms with Crippen LogP contribution in [-0.4, -0.2) is 11.0 Å². The number of halogens is 1. The van der Waals surface area contributed by atoms with Gasteiger partial charge in [0, 0.05) is 30.5 Å². The first kappa shape index (κ1) is 13.7. The molecule has 1 N–H and O–H groups in total. The number of pyridine rings is 1. The van der Waals surface area contributed by atoms with Gasteiger partial charge in [-0.1, -0.05) is 19.9 Å². The third-order valence-corrected chi connectivity index (χ3v) is 3.10. The minimum atomic E-state index is -0.216. The Hall–Kier alpha value is -1.74. The average molecular weight is 258 g/mol.